The molecule has 1 N–H and O–H groups in total. The third kappa shape index (κ3) is 1.94. The largest absolute Gasteiger partial charge is 0.313 e. The van der Waals surface area contributed by atoms with E-state index in [-0.39, 0.29) is 0 Å². The molecule has 1 amide bonds. The van der Waals surface area contributed by atoms with Crippen molar-refractivity contribution in [1.82, 2.24) is 4.98 Å². The molecule has 0 saturated heterocycles. The Kier molecular flexibility index (Phi) is 2.87. The van der Waals surface area contributed by atoms with Crippen molar-refractivity contribution in [3.63, 3.8) is 0 Å². The highest BCUT2D eigenvalue weighted by atomic mass is 32.1. The fraction of sp³-hybridized carbons (Fsp3) is 0.0909. The molecule has 0 spiro atoms. The predicted molar refractivity (Wildman–Crippen MR) is 64.1 cm³/mol. The quantitative estimate of drug-likeness (QED) is 0.612. The molecule has 0 radical (unpaired) electrons. The first-order valence-electron chi connectivity index (χ1n) is 4.54. The maximum atomic E-state index is 10.4. The molecule has 0 unspecified atom stereocenters. The maximum Gasteiger partial charge on any atom is 0.212 e. The number of carbonyl (C=O) groups is 1. The molecule has 0 saturated carbocycles. The van der Waals surface area contributed by atoms with E-state index in [9.17, 15) is 4.79 Å². The van der Waals surface area contributed by atoms with Crippen molar-refractivity contribution in [2.24, 2.45) is 0 Å². The van der Waals surface area contributed by atoms with Gasteiger partial charge in [-0.2, -0.15) is 12.6 Å². The van der Waals surface area contributed by atoms with Gasteiger partial charge in [0.25, 0.3) is 0 Å². The number of fused-ring (bicyclic) bond motifs is 1. The Hall–Kier alpha value is -1.55. The standard InChI is InChI=1S/C11H10N2OS/c14-7-13-11-10-2-1-8(6-15)5-9(10)3-4-12-11/h1-5,7,15H,6H2,(H,12,13,14). The monoisotopic (exact) mass is 218 g/mol. The summed E-state index contributed by atoms with van der Waals surface area (Å²) in [5.41, 5.74) is 1.15. The molecule has 4 heteroatoms. The van der Waals surface area contributed by atoms with E-state index in [1.54, 1.807) is 6.20 Å². The second-order valence-corrected chi connectivity index (χ2v) is 3.45. The SMILES string of the molecule is O=CNc1nccc2cc(CS)ccc12. The van der Waals surface area contributed by atoms with Crippen molar-refractivity contribution in [1.29, 1.82) is 0 Å². The summed E-state index contributed by atoms with van der Waals surface area (Å²) in [4.78, 5) is 14.5. The van der Waals surface area contributed by atoms with Gasteiger partial charge in [-0.1, -0.05) is 18.2 Å². The van der Waals surface area contributed by atoms with Crippen LogP contribution in [-0.2, 0) is 10.5 Å². The molecule has 0 aliphatic heterocycles. The molecule has 15 heavy (non-hydrogen) atoms. The average Bonchev–Trinajstić information content (AvgIpc) is 2.29. The summed E-state index contributed by atoms with van der Waals surface area (Å²) in [6, 6.07) is 7.88. The summed E-state index contributed by atoms with van der Waals surface area (Å²) in [7, 11) is 0. The van der Waals surface area contributed by atoms with Crippen LogP contribution in [0, 0.1) is 0 Å². The molecule has 2 rings (SSSR count). The van der Waals surface area contributed by atoms with E-state index in [1.807, 2.05) is 24.3 Å². The highest BCUT2D eigenvalue weighted by Gasteiger charge is 2.01. The Bertz CT molecular complexity index is 499. The van der Waals surface area contributed by atoms with Crippen LogP contribution < -0.4 is 5.32 Å². The van der Waals surface area contributed by atoms with Gasteiger partial charge in [0.2, 0.25) is 6.41 Å². The van der Waals surface area contributed by atoms with E-state index < -0.39 is 0 Å². The molecule has 0 aliphatic carbocycles. The van der Waals surface area contributed by atoms with Crippen LogP contribution in [0.5, 0.6) is 0 Å². The zero-order chi connectivity index (χ0) is 10.7. The number of anilines is 1. The number of nitrogens with one attached hydrogen (secondary N) is 1. The van der Waals surface area contributed by atoms with Crippen LogP contribution in [0.1, 0.15) is 5.56 Å². The van der Waals surface area contributed by atoms with Gasteiger partial charge >= 0.3 is 0 Å². The fourth-order valence-electron chi connectivity index (χ4n) is 1.50. The number of pyridine rings is 1. The first-order valence-corrected chi connectivity index (χ1v) is 5.17. The summed E-state index contributed by atoms with van der Waals surface area (Å²) >= 11 is 4.22. The van der Waals surface area contributed by atoms with Crippen molar-refractivity contribution in [3.8, 4) is 0 Å². The van der Waals surface area contributed by atoms with Gasteiger partial charge in [-0.15, -0.1) is 0 Å². The van der Waals surface area contributed by atoms with E-state index in [0.29, 0.717) is 18.0 Å². The van der Waals surface area contributed by atoms with Crippen LogP contribution in [0.15, 0.2) is 30.5 Å². The normalized spacial score (nSPS) is 10.2. The number of amides is 1. The molecule has 0 fully saturated rings. The third-order valence-electron chi connectivity index (χ3n) is 2.21. The molecule has 3 nitrogen and oxygen atoms in total. The number of nitrogens with zero attached hydrogens (tertiary/aromatic N) is 1. The predicted octanol–water partition coefficient (Wildman–Crippen LogP) is 2.23. The molecular formula is C11H10N2OS. The average molecular weight is 218 g/mol. The van der Waals surface area contributed by atoms with Gasteiger partial charge in [-0.25, -0.2) is 4.98 Å². The minimum atomic E-state index is 0.591. The molecule has 76 valence electrons. The molecule has 2 aromatic rings. The first kappa shape index (κ1) is 9.98. The van der Waals surface area contributed by atoms with E-state index in [4.69, 9.17) is 0 Å². The molecular weight excluding hydrogens is 208 g/mol. The van der Waals surface area contributed by atoms with E-state index in [2.05, 4.69) is 22.9 Å². The van der Waals surface area contributed by atoms with Crippen LogP contribution in [-0.4, -0.2) is 11.4 Å². The topological polar surface area (TPSA) is 42.0 Å². The lowest BCUT2D eigenvalue weighted by atomic mass is 10.1. The number of hydrogen-bond acceptors (Lipinski definition) is 3. The molecule has 1 aromatic heterocycles. The lowest BCUT2D eigenvalue weighted by molar-refractivity contribution is -0.105. The molecule has 1 aromatic carbocycles. The molecule has 0 bridgehead atoms. The Morgan fingerprint density at radius 2 is 2.27 bits per heavy atom. The van der Waals surface area contributed by atoms with Gasteiger partial charge < -0.3 is 5.32 Å². The number of benzene rings is 1. The van der Waals surface area contributed by atoms with Crippen LogP contribution in [0.3, 0.4) is 0 Å². The maximum absolute atomic E-state index is 10.4. The second-order valence-electron chi connectivity index (χ2n) is 3.14. The molecule has 1 heterocycles. The summed E-state index contributed by atoms with van der Waals surface area (Å²) in [6.07, 6.45) is 2.31. The Balaban J connectivity index is 2.61. The van der Waals surface area contributed by atoms with Crippen LogP contribution >= 0.6 is 12.6 Å². The summed E-state index contributed by atoms with van der Waals surface area (Å²) < 4.78 is 0. The van der Waals surface area contributed by atoms with Gasteiger partial charge in [-0.05, 0) is 17.0 Å². The van der Waals surface area contributed by atoms with Gasteiger partial charge in [0.15, 0.2) is 0 Å². The fourth-order valence-corrected chi connectivity index (χ4v) is 1.69. The smallest absolute Gasteiger partial charge is 0.212 e. The van der Waals surface area contributed by atoms with Crippen molar-refractivity contribution < 1.29 is 4.79 Å². The molecule has 0 aliphatic rings. The zero-order valence-corrected chi connectivity index (χ0v) is 8.87. The van der Waals surface area contributed by atoms with E-state index in [0.717, 1.165) is 16.3 Å². The van der Waals surface area contributed by atoms with Crippen LogP contribution in [0.4, 0.5) is 5.82 Å². The van der Waals surface area contributed by atoms with Crippen molar-refractivity contribution in [2.75, 3.05) is 5.32 Å². The summed E-state index contributed by atoms with van der Waals surface area (Å²) in [5, 5.41) is 4.57. The highest BCUT2D eigenvalue weighted by Crippen LogP contribution is 2.22. The number of hydrogen-bond donors (Lipinski definition) is 2. The number of rotatable bonds is 3. The van der Waals surface area contributed by atoms with Crippen molar-refractivity contribution in [2.45, 2.75) is 5.75 Å². The Morgan fingerprint density at radius 3 is 3.00 bits per heavy atom. The van der Waals surface area contributed by atoms with E-state index >= 15 is 0 Å². The first-order chi connectivity index (χ1) is 7.35. The molecule has 0 atom stereocenters. The summed E-state index contributed by atoms with van der Waals surface area (Å²) in [5.74, 6) is 1.29. The highest BCUT2D eigenvalue weighted by molar-refractivity contribution is 7.79. The second kappa shape index (κ2) is 4.31. The zero-order valence-electron chi connectivity index (χ0n) is 7.97. The Morgan fingerprint density at radius 1 is 1.40 bits per heavy atom. The van der Waals surface area contributed by atoms with Gasteiger partial charge in [0.05, 0.1) is 0 Å². The lowest BCUT2D eigenvalue weighted by Gasteiger charge is -2.04. The lowest BCUT2D eigenvalue weighted by Crippen LogP contribution is -1.97. The third-order valence-corrected chi connectivity index (χ3v) is 2.57. The van der Waals surface area contributed by atoms with Crippen LogP contribution in [0.2, 0.25) is 0 Å². The van der Waals surface area contributed by atoms with Gasteiger partial charge in [0.1, 0.15) is 5.82 Å². The van der Waals surface area contributed by atoms with Crippen molar-refractivity contribution in [3.05, 3.63) is 36.0 Å². The van der Waals surface area contributed by atoms with Crippen molar-refractivity contribution >= 4 is 35.6 Å². The van der Waals surface area contributed by atoms with Gasteiger partial charge in [-0.3, -0.25) is 4.79 Å². The number of thiol groups is 1. The number of aromatic nitrogens is 1. The minimum absolute atomic E-state index is 0.591. The number of carbonyl (C=O) groups excluding carboxylic acids is 1. The van der Waals surface area contributed by atoms with E-state index in [1.165, 1.54) is 0 Å². The van der Waals surface area contributed by atoms with Crippen LogP contribution in [0.25, 0.3) is 10.8 Å². The minimum Gasteiger partial charge on any atom is -0.313 e. The Labute approximate surface area is 92.9 Å². The summed E-state index contributed by atoms with van der Waals surface area (Å²) in [6.45, 7) is 0. The van der Waals surface area contributed by atoms with Gasteiger partial charge in [0, 0.05) is 17.3 Å².